The topological polar surface area (TPSA) is 84.5 Å². The third-order valence-corrected chi connectivity index (χ3v) is 5.88. The van der Waals surface area contributed by atoms with Crippen LogP contribution in [-0.4, -0.2) is 38.2 Å². The molecule has 0 aliphatic carbocycles. The van der Waals surface area contributed by atoms with Crippen molar-refractivity contribution in [3.63, 3.8) is 0 Å². The second kappa shape index (κ2) is 9.78. The molecular formula is C16H26N2O4S2. The molecule has 1 atom stereocenters. The second-order valence-corrected chi connectivity index (χ2v) is 8.74. The summed E-state index contributed by atoms with van der Waals surface area (Å²) in [5, 5.41) is 2.68. The molecule has 1 aromatic carbocycles. The van der Waals surface area contributed by atoms with Crippen LogP contribution in [0.15, 0.2) is 18.2 Å². The highest BCUT2D eigenvalue weighted by molar-refractivity contribution is 8.00. The Kier molecular flexibility index (Phi) is 8.41. The van der Waals surface area contributed by atoms with Gasteiger partial charge < -0.3 is 10.1 Å². The summed E-state index contributed by atoms with van der Waals surface area (Å²) >= 11 is 1.62. The molecule has 0 saturated heterocycles. The lowest BCUT2D eigenvalue weighted by Crippen LogP contribution is -2.23. The minimum Gasteiger partial charge on any atom is -0.494 e. The van der Waals surface area contributed by atoms with Crippen LogP contribution in [0, 0.1) is 0 Å². The summed E-state index contributed by atoms with van der Waals surface area (Å²) in [7, 11) is -1.94. The summed E-state index contributed by atoms with van der Waals surface area (Å²) in [4.78, 5) is 12.2. The van der Waals surface area contributed by atoms with E-state index in [1.54, 1.807) is 36.9 Å². The lowest BCUT2D eigenvalue weighted by Gasteiger charge is -2.15. The smallest absolute Gasteiger partial charge is 0.237 e. The van der Waals surface area contributed by atoms with Crippen molar-refractivity contribution in [2.24, 2.45) is 0 Å². The van der Waals surface area contributed by atoms with E-state index < -0.39 is 10.0 Å². The Labute approximate surface area is 148 Å². The summed E-state index contributed by atoms with van der Waals surface area (Å²) < 4.78 is 31.0. The number of rotatable bonds is 10. The molecule has 0 saturated carbocycles. The zero-order chi connectivity index (χ0) is 18.2. The Morgan fingerprint density at radius 1 is 1.33 bits per heavy atom. The monoisotopic (exact) mass is 374 g/mol. The average molecular weight is 375 g/mol. The predicted molar refractivity (Wildman–Crippen MR) is 102 cm³/mol. The van der Waals surface area contributed by atoms with Crippen LogP contribution >= 0.6 is 11.8 Å². The fourth-order valence-corrected chi connectivity index (χ4v) is 3.48. The highest BCUT2D eigenvalue weighted by Gasteiger charge is 2.15. The van der Waals surface area contributed by atoms with Gasteiger partial charge in [-0.1, -0.05) is 13.3 Å². The van der Waals surface area contributed by atoms with E-state index in [9.17, 15) is 13.2 Å². The first-order valence-electron chi connectivity index (χ1n) is 7.94. The van der Waals surface area contributed by atoms with Crippen LogP contribution in [-0.2, 0) is 14.8 Å². The standard InChI is InChI=1S/C16H26N2O4S2/c1-5-7-10-23-12(3)16(19)17-13-8-9-14(15(11-13)22-4)18-24(20,21)6-2/h8-9,11-12,18H,5-7,10H2,1-4H3,(H,17,19). The average Bonchev–Trinajstić information content (AvgIpc) is 2.56. The van der Waals surface area contributed by atoms with Gasteiger partial charge in [0.25, 0.3) is 0 Å². The lowest BCUT2D eigenvalue weighted by atomic mass is 10.2. The van der Waals surface area contributed by atoms with Crippen molar-refractivity contribution in [3.8, 4) is 5.75 Å². The van der Waals surface area contributed by atoms with Crippen molar-refractivity contribution < 1.29 is 17.9 Å². The number of ether oxygens (including phenoxy) is 1. The van der Waals surface area contributed by atoms with Crippen LogP contribution in [0.5, 0.6) is 5.75 Å². The maximum Gasteiger partial charge on any atom is 0.237 e. The zero-order valence-corrected chi connectivity index (χ0v) is 16.2. The Morgan fingerprint density at radius 3 is 2.62 bits per heavy atom. The predicted octanol–water partition coefficient (Wildman–Crippen LogP) is 3.32. The van der Waals surface area contributed by atoms with Gasteiger partial charge in [-0.05, 0) is 38.2 Å². The summed E-state index contributed by atoms with van der Waals surface area (Å²) in [6.45, 7) is 5.55. The second-order valence-electron chi connectivity index (χ2n) is 5.28. The van der Waals surface area contributed by atoms with E-state index in [2.05, 4.69) is 17.0 Å². The Bertz CT molecular complexity index is 647. The largest absolute Gasteiger partial charge is 0.494 e. The lowest BCUT2D eigenvalue weighted by molar-refractivity contribution is -0.115. The van der Waals surface area contributed by atoms with Gasteiger partial charge in [0.15, 0.2) is 0 Å². The SMILES string of the molecule is CCCCSC(C)C(=O)Nc1ccc(NS(=O)(=O)CC)c(OC)c1. The van der Waals surface area contributed by atoms with E-state index in [4.69, 9.17) is 4.74 Å². The fraction of sp³-hybridized carbons (Fsp3) is 0.562. The van der Waals surface area contributed by atoms with Gasteiger partial charge in [-0.15, -0.1) is 11.8 Å². The number of hydrogen-bond acceptors (Lipinski definition) is 5. The first-order valence-corrected chi connectivity index (χ1v) is 10.6. The number of hydrogen-bond donors (Lipinski definition) is 2. The van der Waals surface area contributed by atoms with Crippen molar-refractivity contribution in [2.45, 2.75) is 38.9 Å². The molecule has 6 nitrogen and oxygen atoms in total. The van der Waals surface area contributed by atoms with Crippen molar-refractivity contribution in [1.29, 1.82) is 0 Å². The van der Waals surface area contributed by atoms with Gasteiger partial charge >= 0.3 is 0 Å². The molecule has 0 spiro atoms. The molecule has 1 unspecified atom stereocenters. The maximum absolute atomic E-state index is 12.2. The fourth-order valence-electron chi connectivity index (χ4n) is 1.82. The van der Waals surface area contributed by atoms with Crippen molar-refractivity contribution in [1.82, 2.24) is 0 Å². The number of amides is 1. The minimum absolute atomic E-state index is 0.0266. The Morgan fingerprint density at radius 2 is 2.04 bits per heavy atom. The number of benzene rings is 1. The normalized spacial score (nSPS) is 12.5. The van der Waals surface area contributed by atoms with Crippen molar-refractivity contribution in [2.75, 3.05) is 28.7 Å². The number of unbranched alkanes of at least 4 members (excludes halogenated alkanes) is 1. The Balaban J connectivity index is 2.78. The van der Waals surface area contributed by atoms with Crippen molar-refractivity contribution in [3.05, 3.63) is 18.2 Å². The molecule has 1 aromatic rings. The van der Waals surface area contributed by atoms with E-state index in [-0.39, 0.29) is 16.9 Å². The molecule has 0 radical (unpaired) electrons. The van der Waals surface area contributed by atoms with Crippen LogP contribution in [0.3, 0.4) is 0 Å². The third kappa shape index (κ3) is 6.60. The summed E-state index contributed by atoms with van der Waals surface area (Å²) in [5.41, 5.74) is 0.918. The van der Waals surface area contributed by atoms with E-state index in [0.717, 1.165) is 18.6 Å². The zero-order valence-electron chi connectivity index (χ0n) is 14.6. The van der Waals surface area contributed by atoms with Gasteiger partial charge in [0.05, 0.1) is 23.8 Å². The molecule has 0 bridgehead atoms. The molecule has 0 aromatic heterocycles. The summed E-state index contributed by atoms with van der Waals surface area (Å²) in [6, 6.07) is 4.84. The van der Waals surface area contributed by atoms with Gasteiger partial charge in [-0.25, -0.2) is 8.42 Å². The van der Waals surface area contributed by atoms with Crippen LogP contribution in [0.1, 0.15) is 33.6 Å². The minimum atomic E-state index is -3.39. The number of anilines is 2. The van der Waals surface area contributed by atoms with Gasteiger partial charge in [0, 0.05) is 11.8 Å². The molecule has 8 heteroatoms. The highest BCUT2D eigenvalue weighted by Crippen LogP contribution is 2.29. The molecule has 2 N–H and O–H groups in total. The summed E-state index contributed by atoms with van der Waals surface area (Å²) in [6.07, 6.45) is 2.19. The first-order chi connectivity index (χ1) is 11.3. The van der Waals surface area contributed by atoms with Crippen LogP contribution < -0.4 is 14.8 Å². The van der Waals surface area contributed by atoms with Gasteiger partial charge in [0.1, 0.15) is 5.75 Å². The van der Waals surface area contributed by atoms with Crippen LogP contribution in [0.4, 0.5) is 11.4 Å². The molecule has 24 heavy (non-hydrogen) atoms. The first kappa shape index (κ1) is 20.6. The molecule has 0 aliphatic rings. The number of carbonyl (C=O) groups excluding carboxylic acids is 1. The molecule has 136 valence electrons. The summed E-state index contributed by atoms with van der Waals surface area (Å²) in [5.74, 6) is 1.20. The number of thioether (sulfide) groups is 1. The van der Waals surface area contributed by atoms with E-state index in [1.165, 1.54) is 7.11 Å². The molecule has 1 rings (SSSR count). The van der Waals surface area contributed by atoms with Gasteiger partial charge in [-0.3, -0.25) is 9.52 Å². The Hall–Kier alpha value is -1.41. The highest BCUT2D eigenvalue weighted by atomic mass is 32.2. The van der Waals surface area contributed by atoms with E-state index in [1.807, 2.05) is 6.92 Å². The van der Waals surface area contributed by atoms with Gasteiger partial charge in [-0.2, -0.15) is 0 Å². The van der Waals surface area contributed by atoms with E-state index >= 15 is 0 Å². The molecular weight excluding hydrogens is 348 g/mol. The number of nitrogens with one attached hydrogen (secondary N) is 2. The molecule has 0 heterocycles. The third-order valence-electron chi connectivity index (χ3n) is 3.35. The van der Waals surface area contributed by atoms with Gasteiger partial charge in [0.2, 0.25) is 15.9 Å². The number of sulfonamides is 1. The molecule has 0 aliphatic heterocycles. The quantitative estimate of drug-likeness (QED) is 0.614. The van der Waals surface area contributed by atoms with E-state index in [0.29, 0.717) is 17.1 Å². The van der Waals surface area contributed by atoms with Crippen molar-refractivity contribution >= 4 is 39.1 Å². The van der Waals surface area contributed by atoms with Crippen LogP contribution in [0.2, 0.25) is 0 Å². The van der Waals surface area contributed by atoms with Crippen LogP contribution in [0.25, 0.3) is 0 Å². The molecule has 0 fully saturated rings. The molecule has 1 amide bonds. The number of carbonyl (C=O) groups is 1. The number of methoxy groups -OCH3 is 1. The maximum atomic E-state index is 12.2.